The molecule has 0 aromatic carbocycles. The molecular weight excluding hydrogens is 199 g/mol. The van der Waals surface area contributed by atoms with E-state index >= 15 is 0 Å². The maximum atomic E-state index is 13.1. The van der Waals surface area contributed by atoms with Crippen molar-refractivity contribution >= 4 is 6.09 Å². The third-order valence-corrected chi connectivity index (χ3v) is 2.26. The SMILES string of the molecule is CC(C)(C)OC(=O)N1CC(F)C[C@H]1CN. The number of likely N-dealkylation sites (tertiary alicyclic amines) is 1. The average molecular weight is 218 g/mol. The molecule has 1 fully saturated rings. The van der Waals surface area contributed by atoms with Gasteiger partial charge in [-0.15, -0.1) is 0 Å². The van der Waals surface area contributed by atoms with Crippen LogP contribution in [0.1, 0.15) is 27.2 Å². The van der Waals surface area contributed by atoms with E-state index in [0.29, 0.717) is 6.42 Å². The number of rotatable bonds is 1. The van der Waals surface area contributed by atoms with Crippen molar-refractivity contribution in [1.82, 2.24) is 4.90 Å². The van der Waals surface area contributed by atoms with Gasteiger partial charge in [-0.2, -0.15) is 0 Å². The zero-order chi connectivity index (χ0) is 11.6. The molecule has 15 heavy (non-hydrogen) atoms. The largest absolute Gasteiger partial charge is 0.444 e. The lowest BCUT2D eigenvalue weighted by Gasteiger charge is -2.27. The summed E-state index contributed by atoms with van der Waals surface area (Å²) in [6.45, 7) is 5.72. The Morgan fingerprint density at radius 3 is 2.67 bits per heavy atom. The molecule has 0 radical (unpaired) electrons. The summed E-state index contributed by atoms with van der Waals surface area (Å²) in [6, 6.07) is -0.227. The Balaban J connectivity index is 2.59. The van der Waals surface area contributed by atoms with Crippen molar-refractivity contribution in [2.45, 2.75) is 45.0 Å². The van der Waals surface area contributed by atoms with Crippen LogP contribution in [0.5, 0.6) is 0 Å². The highest BCUT2D eigenvalue weighted by molar-refractivity contribution is 5.69. The molecule has 2 atom stereocenters. The topological polar surface area (TPSA) is 55.6 Å². The van der Waals surface area contributed by atoms with Crippen LogP contribution in [0, 0.1) is 0 Å². The predicted octanol–water partition coefficient (Wildman–Crippen LogP) is 1.29. The molecule has 0 aliphatic carbocycles. The fourth-order valence-electron chi connectivity index (χ4n) is 1.63. The van der Waals surface area contributed by atoms with Crippen LogP contribution in [-0.4, -0.2) is 41.9 Å². The van der Waals surface area contributed by atoms with Crippen LogP contribution in [-0.2, 0) is 4.74 Å². The fourth-order valence-corrected chi connectivity index (χ4v) is 1.63. The summed E-state index contributed by atoms with van der Waals surface area (Å²) in [6.07, 6.45) is -1.14. The summed E-state index contributed by atoms with van der Waals surface area (Å²) < 4.78 is 18.3. The Bertz CT molecular complexity index is 240. The van der Waals surface area contributed by atoms with Gasteiger partial charge in [-0.1, -0.05) is 0 Å². The van der Waals surface area contributed by atoms with Crippen molar-refractivity contribution < 1.29 is 13.9 Å². The molecule has 0 spiro atoms. The molecular formula is C10H19FN2O2. The van der Waals surface area contributed by atoms with Crippen LogP contribution in [0.4, 0.5) is 9.18 Å². The second-order valence-electron chi connectivity index (χ2n) is 4.86. The molecule has 1 aliphatic heterocycles. The summed E-state index contributed by atoms with van der Waals surface area (Å²) in [5, 5.41) is 0. The molecule has 0 bridgehead atoms. The number of carbonyl (C=O) groups is 1. The van der Waals surface area contributed by atoms with Crippen LogP contribution in [0.25, 0.3) is 0 Å². The number of hydrogen-bond donors (Lipinski definition) is 1. The molecule has 4 nitrogen and oxygen atoms in total. The van der Waals surface area contributed by atoms with E-state index in [4.69, 9.17) is 10.5 Å². The standard InChI is InChI=1S/C10H19FN2O2/c1-10(2,3)15-9(14)13-6-7(11)4-8(13)5-12/h7-8H,4-6,12H2,1-3H3/t7?,8-/m0/s1. The van der Waals surface area contributed by atoms with Crippen molar-refractivity contribution in [3.05, 3.63) is 0 Å². The van der Waals surface area contributed by atoms with Gasteiger partial charge in [-0.3, -0.25) is 0 Å². The Morgan fingerprint density at radius 1 is 1.60 bits per heavy atom. The quantitative estimate of drug-likeness (QED) is 0.721. The van der Waals surface area contributed by atoms with Crippen LogP contribution < -0.4 is 5.73 Å². The molecule has 0 aromatic rings. The second kappa shape index (κ2) is 4.35. The first-order chi connectivity index (χ1) is 6.83. The van der Waals surface area contributed by atoms with Crippen molar-refractivity contribution in [2.75, 3.05) is 13.1 Å². The molecule has 2 N–H and O–H groups in total. The maximum absolute atomic E-state index is 13.1. The second-order valence-corrected chi connectivity index (χ2v) is 4.86. The van der Waals surface area contributed by atoms with E-state index in [0.717, 1.165) is 0 Å². The average Bonchev–Trinajstić information content (AvgIpc) is 2.43. The van der Waals surface area contributed by atoms with Gasteiger partial charge in [-0.25, -0.2) is 9.18 Å². The zero-order valence-corrected chi connectivity index (χ0v) is 9.50. The van der Waals surface area contributed by atoms with Crippen molar-refractivity contribution in [1.29, 1.82) is 0 Å². The lowest BCUT2D eigenvalue weighted by Crippen LogP contribution is -2.43. The van der Waals surface area contributed by atoms with Gasteiger partial charge in [0, 0.05) is 13.0 Å². The van der Waals surface area contributed by atoms with Crippen LogP contribution in [0.3, 0.4) is 0 Å². The summed E-state index contributed by atoms with van der Waals surface area (Å²) in [5.41, 5.74) is 4.92. The van der Waals surface area contributed by atoms with E-state index in [1.807, 2.05) is 0 Å². The summed E-state index contributed by atoms with van der Waals surface area (Å²) in [7, 11) is 0. The summed E-state index contributed by atoms with van der Waals surface area (Å²) in [5.74, 6) is 0. The Kier molecular flexibility index (Phi) is 3.54. The van der Waals surface area contributed by atoms with E-state index in [-0.39, 0.29) is 19.1 Å². The van der Waals surface area contributed by atoms with Gasteiger partial charge in [0.15, 0.2) is 0 Å². The van der Waals surface area contributed by atoms with E-state index in [9.17, 15) is 9.18 Å². The third kappa shape index (κ3) is 3.34. The molecule has 1 aliphatic rings. The number of halogens is 1. The Hall–Kier alpha value is -0.840. The van der Waals surface area contributed by atoms with Gasteiger partial charge in [-0.05, 0) is 20.8 Å². The van der Waals surface area contributed by atoms with Crippen LogP contribution in [0.2, 0.25) is 0 Å². The minimum absolute atomic E-state index is 0.0940. The van der Waals surface area contributed by atoms with Crippen LogP contribution in [0.15, 0.2) is 0 Å². The number of alkyl halides is 1. The minimum atomic E-state index is -0.980. The van der Waals surface area contributed by atoms with Crippen molar-refractivity contribution in [2.24, 2.45) is 5.73 Å². The molecule has 1 rings (SSSR count). The highest BCUT2D eigenvalue weighted by Crippen LogP contribution is 2.22. The first-order valence-electron chi connectivity index (χ1n) is 5.17. The normalized spacial score (nSPS) is 26.9. The van der Waals surface area contributed by atoms with Crippen LogP contribution >= 0.6 is 0 Å². The first-order valence-corrected chi connectivity index (χ1v) is 5.17. The van der Waals surface area contributed by atoms with Crippen molar-refractivity contribution in [3.63, 3.8) is 0 Å². The summed E-state index contributed by atoms with van der Waals surface area (Å²) in [4.78, 5) is 13.0. The molecule has 88 valence electrons. The number of hydrogen-bond acceptors (Lipinski definition) is 3. The molecule has 1 saturated heterocycles. The fraction of sp³-hybridized carbons (Fsp3) is 0.900. The first kappa shape index (κ1) is 12.2. The smallest absolute Gasteiger partial charge is 0.410 e. The lowest BCUT2D eigenvalue weighted by molar-refractivity contribution is 0.0224. The summed E-state index contributed by atoms with van der Waals surface area (Å²) >= 11 is 0. The highest BCUT2D eigenvalue weighted by atomic mass is 19.1. The molecule has 1 amide bonds. The van der Waals surface area contributed by atoms with Gasteiger partial charge < -0.3 is 15.4 Å². The number of nitrogens with two attached hydrogens (primary N) is 1. The maximum Gasteiger partial charge on any atom is 0.410 e. The minimum Gasteiger partial charge on any atom is -0.444 e. The highest BCUT2D eigenvalue weighted by Gasteiger charge is 2.36. The molecule has 0 saturated carbocycles. The molecule has 1 heterocycles. The lowest BCUT2D eigenvalue weighted by atomic mass is 10.2. The third-order valence-electron chi connectivity index (χ3n) is 2.26. The van der Waals surface area contributed by atoms with Crippen molar-refractivity contribution in [3.8, 4) is 0 Å². The Labute approximate surface area is 89.6 Å². The van der Waals surface area contributed by atoms with Gasteiger partial charge in [0.2, 0.25) is 0 Å². The van der Waals surface area contributed by atoms with E-state index in [1.165, 1.54) is 4.90 Å². The Morgan fingerprint density at radius 2 is 2.20 bits per heavy atom. The molecule has 1 unspecified atom stereocenters. The number of nitrogens with zero attached hydrogens (tertiary/aromatic N) is 1. The van der Waals surface area contributed by atoms with Gasteiger partial charge in [0.1, 0.15) is 11.8 Å². The van der Waals surface area contributed by atoms with Gasteiger partial charge in [0.05, 0.1) is 12.6 Å². The van der Waals surface area contributed by atoms with E-state index in [1.54, 1.807) is 20.8 Å². The van der Waals surface area contributed by atoms with E-state index in [2.05, 4.69) is 0 Å². The van der Waals surface area contributed by atoms with Gasteiger partial charge in [0.25, 0.3) is 0 Å². The van der Waals surface area contributed by atoms with Gasteiger partial charge >= 0.3 is 6.09 Å². The van der Waals surface area contributed by atoms with E-state index < -0.39 is 17.9 Å². The molecule has 0 aromatic heterocycles. The number of amides is 1. The number of ether oxygens (including phenoxy) is 1. The molecule has 5 heteroatoms. The zero-order valence-electron chi connectivity index (χ0n) is 9.50. The number of carbonyl (C=O) groups excluding carboxylic acids is 1. The predicted molar refractivity (Wildman–Crippen MR) is 55.3 cm³/mol. The monoisotopic (exact) mass is 218 g/mol.